The lowest BCUT2D eigenvalue weighted by Gasteiger charge is -2.33. The maximum atomic E-state index is 12.5. The highest BCUT2D eigenvalue weighted by atomic mass is 16.5. The number of methoxy groups -OCH3 is 2. The number of likely N-dealkylation sites (tertiary alicyclic amines) is 1. The van der Waals surface area contributed by atoms with Gasteiger partial charge in [-0.15, -0.1) is 0 Å². The van der Waals surface area contributed by atoms with Gasteiger partial charge < -0.3 is 14.8 Å². The predicted octanol–water partition coefficient (Wildman–Crippen LogP) is 2.42. The van der Waals surface area contributed by atoms with E-state index in [2.05, 4.69) is 21.3 Å². The SMILES string of the molecule is COc1ccc(CC(=O)N[C@@H]2CCCN(Cc3cccnc3)C2)c(OC)c1. The summed E-state index contributed by atoms with van der Waals surface area (Å²) in [4.78, 5) is 19.1. The van der Waals surface area contributed by atoms with Crippen LogP contribution in [0.1, 0.15) is 24.0 Å². The number of pyridine rings is 1. The Kier molecular flexibility index (Phi) is 6.65. The lowest BCUT2D eigenvalue weighted by Crippen LogP contribution is -2.47. The molecule has 2 aromatic rings. The standard InChI is InChI=1S/C21H27N3O3/c1-26-19-8-7-17(20(12-19)27-2)11-21(25)23-18-6-4-10-24(15-18)14-16-5-3-9-22-13-16/h3,5,7-9,12-13,18H,4,6,10-11,14-15H2,1-2H3,(H,23,25)/t18-/m1/s1. The minimum Gasteiger partial charge on any atom is -0.497 e. The van der Waals surface area contributed by atoms with E-state index in [1.807, 2.05) is 24.4 Å². The van der Waals surface area contributed by atoms with Gasteiger partial charge in [0.2, 0.25) is 5.91 Å². The normalized spacial score (nSPS) is 17.3. The van der Waals surface area contributed by atoms with Crippen LogP contribution >= 0.6 is 0 Å². The van der Waals surface area contributed by atoms with Crippen LogP contribution in [0.3, 0.4) is 0 Å². The number of rotatable bonds is 7. The van der Waals surface area contributed by atoms with E-state index in [1.54, 1.807) is 26.5 Å². The van der Waals surface area contributed by atoms with Crippen molar-refractivity contribution in [2.45, 2.75) is 31.8 Å². The van der Waals surface area contributed by atoms with Crippen LogP contribution in [0.25, 0.3) is 0 Å². The molecule has 1 saturated heterocycles. The molecule has 1 aromatic carbocycles. The third-order valence-electron chi connectivity index (χ3n) is 4.84. The average molecular weight is 369 g/mol. The largest absolute Gasteiger partial charge is 0.497 e. The van der Waals surface area contributed by atoms with Crippen molar-refractivity contribution in [1.29, 1.82) is 0 Å². The second kappa shape index (κ2) is 9.37. The molecule has 0 aliphatic carbocycles. The van der Waals surface area contributed by atoms with Crippen LogP contribution in [0.5, 0.6) is 11.5 Å². The van der Waals surface area contributed by atoms with Crippen LogP contribution in [0.4, 0.5) is 0 Å². The molecule has 6 nitrogen and oxygen atoms in total. The van der Waals surface area contributed by atoms with Crippen LogP contribution in [0, 0.1) is 0 Å². The first-order valence-corrected chi connectivity index (χ1v) is 9.29. The summed E-state index contributed by atoms with van der Waals surface area (Å²) in [7, 11) is 3.22. The summed E-state index contributed by atoms with van der Waals surface area (Å²) >= 11 is 0. The van der Waals surface area contributed by atoms with Crippen LogP contribution in [-0.4, -0.2) is 49.1 Å². The third-order valence-corrected chi connectivity index (χ3v) is 4.84. The van der Waals surface area contributed by atoms with Gasteiger partial charge in [0.05, 0.1) is 20.6 Å². The van der Waals surface area contributed by atoms with Gasteiger partial charge in [-0.25, -0.2) is 0 Å². The van der Waals surface area contributed by atoms with Gasteiger partial charge in [-0.1, -0.05) is 12.1 Å². The molecule has 0 spiro atoms. The fraction of sp³-hybridized carbons (Fsp3) is 0.429. The molecule has 0 radical (unpaired) electrons. The lowest BCUT2D eigenvalue weighted by molar-refractivity contribution is -0.121. The van der Waals surface area contributed by atoms with Gasteiger partial charge in [0.1, 0.15) is 11.5 Å². The number of nitrogens with one attached hydrogen (secondary N) is 1. The van der Waals surface area contributed by atoms with Gasteiger partial charge in [0.25, 0.3) is 0 Å². The monoisotopic (exact) mass is 369 g/mol. The number of benzene rings is 1. The average Bonchev–Trinajstić information content (AvgIpc) is 2.69. The van der Waals surface area contributed by atoms with Crippen molar-refractivity contribution in [3.05, 3.63) is 53.9 Å². The molecular weight excluding hydrogens is 342 g/mol. The van der Waals surface area contributed by atoms with E-state index in [1.165, 1.54) is 5.56 Å². The molecule has 0 bridgehead atoms. The zero-order chi connectivity index (χ0) is 19.1. The minimum absolute atomic E-state index is 0.0201. The van der Waals surface area contributed by atoms with Crippen molar-refractivity contribution in [1.82, 2.24) is 15.2 Å². The molecule has 1 aromatic heterocycles. The van der Waals surface area contributed by atoms with Crippen molar-refractivity contribution >= 4 is 5.91 Å². The summed E-state index contributed by atoms with van der Waals surface area (Å²) in [5, 5.41) is 3.18. The van der Waals surface area contributed by atoms with E-state index in [9.17, 15) is 4.79 Å². The number of carbonyl (C=O) groups excluding carboxylic acids is 1. The van der Waals surface area contributed by atoms with Crippen molar-refractivity contribution < 1.29 is 14.3 Å². The Balaban J connectivity index is 1.54. The molecule has 3 rings (SSSR count). The molecule has 1 fully saturated rings. The minimum atomic E-state index is 0.0201. The first-order valence-electron chi connectivity index (χ1n) is 9.29. The molecule has 1 aliphatic rings. The summed E-state index contributed by atoms with van der Waals surface area (Å²) in [6.45, 7) is 2.78. The first kappa shape index (κ1) is 19.2. The van der Waals surface area contributed by atoms with E-state index in [0.29, 0.717) is 17.9 Å². The Bertz CT molecular complexity index is 752. The lowest BCUT2D eigenvalue weighted by atomic mass is 10.0. The van der Waals surface area contributed by atoms with Crippen LogP contribution < -0.4 is 14.8 Å². The van der Waals surface area contributed by atoms with Crippen molar-refractivity contribution in [2.75, 3.05) is 27.3 Å². The molecule has 1 aliphatic heterocycles. The Morgan fingerprint density at radius 1 is 1.30 bits per heavy atom. The van der Waals surface area contributed by atoms with E-state index >= 15 is 0 Å². The summed E-state index contributed by atoms with van der Waals surface area (Å²) in [5.74, 6) is 1.41. The zero-order valence-corrected chi connectivity index (χ0v) is 16.0. The Hall–Kier alpha value is -2.60. The predicted molar refractivity (Wildman–Crippen MR) is 104 cm³/mol. The van der Waals surface area contributed by atoms with E-state index in [0.717, 1.165) is 38.0 Å². The van der Waals surface area contributed by atoms with Gasteiger partial charge in [0, 0.05) is 43.2 Å². The number of ether oxygens (including phenoxy) is 2. The van der Waals surface area contributed by atoms with E-state index in [-0.39, 0.29) is 11.9 Å². The maximum absolute atomic E-state index is 12.5. The second-order valence-electron chi connectivity index (χ2n) is 6.86. The molecule has 0 saturated carbocycles. The first-order chi connectivity index (χ1) is 13.2. The number of aromatic nitrogens is 1. The van der Waals surface area contributed by atoms with Crippen molar-refractivity contribution in [3.8, 4) is 11.5 Å². The van der Waals surface area contributed by atoms with Crippen LogP contribution in [-0.2, 0) is 17.8 Å². The molecule has 2 heterocycles. The second-order valence-corrected chi connectivity index (χ2v) is 6.86. The zero-order valence-electron chi connectivity index (χ0n) is 16.0. The topological polar surface area (TPSA) is 63.7 Å². The number of hydrogen-bond acceptors (Lipinski definition) is 5. The molecule has 0 unspecified atom stereocenters. The Morgan fingerprint density at radius 3 is 2.93 bits per heavy atom. The highest BCUT2D eigenvalue weighted by Gasteiger charge is 2.22. The summed E-state index contributed by atoms with van der Waals surface area (Å²) in [6, 6.07) is 9.76. The highest BCUT2D eigenvalue weighted by Crippen LogP contribution is 2.25. The number of amides is 1. The molecular formula is C21H27N3O3. The Labute approximate surface area is 160 Å². The summed E-state index contributed by atoms with van der Waals surface area (Å²) in [5.41, 5.74) is 2.06. The fourth-order valence-electron chi connectivity index (χ4n) is 3.52. The maximum Gasteiger partial charge on any atom is 0.224 e. The smallest absolute Gasteiger partial charge is 0.224 e. The molecule has 1 amide bonds. The van der Waals surface area contributed by atoms with Gasteiger partial charge in [-0.05, 0) is 37.1 Å². The highest BCUT2D eigenvalue weighted by molar-refractivity contribution is 5.79. The van der Waals surface area contributed by atoms with E-state index < -0.39 is 0 Å². The van der Waals surface area contributed by atoms with Gasteiger partial charge in [-0.2, -0.15) is 0 Å². The number of hydrogen-bond donors (Lipinski definition) is 1. The van der Waals surface area contributed by atoms with Gasteiger partial charge in [0.15, 0.2) is 0 Å². The van der Waals surface area contributed by atoms with Gasteiger partial charge >= 0.3 is 0 Å². The van der Waals surface area contributed by atoms with Crippen LogP contribution in [0.2, 0.25) is 0 Å². The third kappa shape index (κ3) is 5.44. The van der Waals surface area contributed by atoms with Crippen molar-refractivity contribution in [3.63, 3.8) is 0 Å². The summed E-state index contributed by atoms with van der Waals surface area (Å²) < 4.78 is 10.6. The molecule has 1 N–H and O–H groups in total. The number of piperidine rings is 1. The summed E-state index contributed by atoms with van der Waals surface area (Å²) in [6.07, 6.45) is 6.08. The number of carbonyl (C=O) groups is 1. The van der Waals surface area contributed by atoms with Crippen LogP contribution in [0.15, 0.2) is 42.7 Å². The quantitative estimate of drug-likeness (QED) is 0.812. The van der Waals surface area contributed by atoms with Gasteiger partial charge in [-0.3, -0.25) is 14.7 Å². The fourth-order valence-corrected chi connectivity index (χ4v) is 3.52. The van der Waals surface area contributed by atoms with Crippen molar-refractivity contribution in [2.24, 2.45) is 0 Å². The number of nitrogens with zero attached hydrogens (tertiary/aromatic N) is 2. The Morgan fingerprint density at radius 2 is 2.19 bits per heavy atom. The molecule has 144 valence electrons. The molecule has 1 atom stereocenters. The molecule has 6 heteroatoms. The van der Waals surface area contributed by atoms with E-state index in [4.69, 9.17) is 9.47 Å². The molecule has 27 heavy (non-hydrogen) atoms.